The maximum absolute atomic E-state index is 5.04. The van der Waals surface area contributed by atoms with Crippen molar-refractivity contribution in [2.75, 3.05) is 11.7 Å². The molecule has 0 fully saturated rings. The molecule has 8 heavy (non-hydrogen) atoms. The van der Waals surface area contributed by atoms with Gasteiger partial charge in [0.05, 0.1) is 5.75 Å². The van der Waals surface area contributed by atoms with E-state index in [1.165, 1.54) is 5.90 Å². The van der Waals surface area contributed by atoms with Crippen LogP contribution in [-0.2, 0) is 0 Å². The van der Waals surface area contributed by atoms with Crippen molar-refractivity contribution < 1.29 is 0 Å². The average molecular weight is 276 g/mol. The van der Waals surface area contributed by atoms with Crippen molar-refractivity contribution in [3.63, 3.8) is 0 Å². The highest BCUT2D eigenvalue weighted by Crippen LogP contribution is 2.38. The van der Waals surface area contributed by atoms with Gasteiger partial charge in [0.15, 0.2) is 0 Å². The SMILES string of the molecule is C#CCSPCPI. The third-order valence-electron chi connectivity index (χ3n) is 0.397. The van der Waals surface area contributed by atoms with E-state index in [1.54, 1.807) is 0 Å². The third kappa shape index (κ3) is 7.50. The summed E-state index contributed by atoms with van der Waals surface area (Å²) in [4.78, 5) is 0. The normalized spacial score (nSPS) is 11.5. The van der Waals surface area contributed by atoms with Gasteiger partial charge < -0.3 is 0 Å². The molecular weight excluding hydrogens is 269 g/mol. The summed E-state index contributed by atoms with van der Waals surface area (Å²) < 4.78 is 0. The van der Waals surface area contributed by atoms with Gasteiger partial charge in [-0.2, -0.15) is 0 Å². The lowest BCUT2D eigenvalue weighted by Crippen LogP contribution is -1.59. The molecule has 0 aliphatic carbocycles. The molecule has 2 unspecified atom stereocenters. The summed E-state index contributed by atoms with van der Waals surface area (Å²) in [5.41, 5.74) is 0. The minimum Gasteiger partial charge on any atom is -0.124 e. The Bertz CT molecular complexity index is 80.6. The number of hydrogen-bond donors (Lipinski definition) is 0. The van der Waals surface area contributed by atoms with Crippen molar-refractivity contribution in [3.05, 3.63) is 0 Å². The Morgan fingerprint density at radius 3 is 3.00 bits per heavy atom. The van der Waals surface area contributed by atoms with E-state index in [4.69, 9.17) is 6.42 Å². The van der Waals surface area contributed by atoms with Crippen LogP contribution in [0.25, 0.3) is 0 Å². The first-order chi connectivity index (χ1) is 3.91. The van der Waals surface area contributed by atoms with Crippen LogP contribution in [0, 0.1) is 12.3 Å². The minimum atomic E-state index is 0.888. The fraction of sp³-hybridized carbons (Fsp3) is 0.500. The van der Waals surface area contributed by atoms with Crippen molar-refractivity contribution in [3.8, 4) is 12.3 Å². The van der Waals surface area contributed by atoms with E-state index < -0.39 is 0 Å². The lowest BCUT2D eigenvalue weighted by molar-refractivity contribution is 1.99. The molecule has 0 heterocycles. The van der Waals surface area contributed by atoms with Gasteiger partial charge >= 0.3 is 0 Å². The second-order valence-corrected chi connectivity index (χ2v) is 7.52. The van der Waals surface area contributed by atoms with Gasteiger partial charge in [0.1, 0.15) is 0 Å². The largest absolute Gasteiger partial charge is 0.124 e. The summed E-state index contributed by atoms with van der Waals surface area (Å²) in [7, 11) is 1.02. The van der Waals surface area contributed by atoms with Crippen LogP contribution in [0.2, 0.25) is 0 Å². The molecule has 0 saturated heterocycles. The quantitative estimate of drug-likeness (QED) is 0.329. The fourth-order valence-corrected chi connectivity index (χ4v) is 7.15. The van der Waals surface area contributed by atoms with Gasteiger partial charge in [-0.25, -0.2) is 0 Å². The van der Waals surface area contributed by atoms with E-state index in [-0.39, 0.29) is 0 Å². The zero-order valence-electron chi connectivity index (χ0n) is 4.28. The Labute approximate surface area is 71.1 Å². The molecule has 0 saturated carbocycles. The molecule has 0 N–H and O–H groups in total. The molecule has 0 nitrogen and oxygen atoms in total. The zero-order valence-corrected chi connectivity index (χ0v) is 9.25. The van der Waals surface area contributed by atoms with E-state index in [0.717, 1.165) is 19.8 Å². The molecule has 0 aromatic carbocycles. The fourth-order valence-electron chi connectivity index (χ4n) is 0.171. The van der Waals surface area contributed by atoms with Crippen LogP contribution in [0.1, 0.15) is 0 Å². The maximum atomic E-state index is 5.04. The van der Waals surface area contributed by atoms with E-state index in [0.29, 0.717) is 0 Å². The molecule has 0 rings (SSSR count). The summed E-state index contributed by atoms with van der Waals surface area (Å²) >= 11 is 4.28. The van der Waals surface area contributed by atoms with Crippen molar-refractivity contribution in [2.24, 2.45) is 0 Å². The molecule has 0 aromatic rings. The molecule has 0 spiro atoms. The van der Waals surface area contributed by atoms with Crippen LogP contribution in [0.5, 0.6) is 0 Å². The first-order valence-electron chi connectivity index (χ1n) is 2.03. The highest BCUT2D eigenvalue weighted by molar-refractivity contribution is 14.2. The molecule has 0 aromatic heterocycles. The van der Waals surface area contributed by atoms with Gasteiger partial charge in [-0.1, -0.05) is 42.0 Å². The predicted octanol–water partition coefficient (Wildman–Crippen LogP) is 2.93. The van der Waals surface area contributed by atoms with Crippen LogP contribution in [0.3, 0.4) is 0 Å². The zero-order chi connectivity index (χ0) is 6.24. The topological polar surface area (TPSA) is 0 Å². The van der Waals surface area contributed by atoms with Gasteiger partial charge in [-0.3, -0.25) is 0 Å². The van der Waals surface area contributed by atoms with Crippen LogP contribution >= 0.6 is 47.4 Å². The summed E-state index contributed by atoms with van der Waals surface area (Å²) in [5, 5.41) is 0. The molecule has 0 radical (unpaired) electrons. The van der Waals surface area contributed by atoms with Crippen molar-refractivity contribution in [2.45, 2.75) is 0 Å². The lowest BCUT2D eigenvalue weighted by atomic mass is 10.8. The molecule has 0 bridgehead atoms. The monoisotopic (exact) mass is 276 g/mol. The summed E-state index contributed by atoms with van der Waals surface area (Å²) in [6, 6.07) is 0. The Hall–Kier alpha value is 1.50. The molecule has 0 amide bonds. The Kier molecular flexibility index (Phi) is 10.1. The standard InChI is InChI=1S/C4H7IP2S/c1-2-3-8-7-4-6-5/h1,6-7H,3-4H2. The van der Waals surface area contributed by atoms with E-state index in [1.807, 2.05) is 11.4 Å². The second-order valence-electron chi connectivity index (χ2n) is 0.948. The first kappa shape index (κ1) is 9.50. The predicted molar refractivity (Wildman–Crippen MR) is 56.8 cm³/mol. The van der Waals surface area contributed by atoms with E-state index >= 15 is 0 Å². The Balaban J connectivity index is 2.65. The maximum Gasteiger partial charge on any atom is 0.0583 e. The molecular formula is C4H7IP2S. The molecule has 2 atom stereocenters. The van der Waals surface area contributed by atoms with Crippen LogP contribution in [0.15, 0.2) is 0 Å². The van der Waals surface area contributed by atoms with Gasteiger partial charge in [-0.15, -0.1) is 17.8 Å². The van der Waals surface area contributed by atoms with E-state index in [2.05, 4.69) is 28.0 Å². The van der Waals surface area contributed by atoms with E-state index in [9.17, 15) is 0 Å². The van der Waals surface area contributed by atoms with Crippen molar-refractivity contribution in [1.29, 1.82) is 0 Å². The summed E-state index contributed by atoms with van der Waals surface area (Å²) in [6.07, 6.45) is 6.11. The second kappa shape index (κ2) is 8.50. The number of halogens is 1. The molecule has 46 valence electrons. The number of terminal acetylenes is 1. The van der Waals surface area contributed by atoms with Crippen LogP contribution in [-0.4, -0.2) is 11.7 Å². The average Bonchev–Trinajstić information content (AvgIpc) is 1.81. The summed E-state index contributed by atoms with van der Waals surface area (Å²) in [6.45, 7) is 0. The number of hydrogen-bond acceptors (Lipinski definition) is 1. The molecule has 4 heteroatoms. The van der Waals surface area contributed by atoms with Crippen LogP contribution < -0.4 is 0 Å². The highest BCUT2D eigenvalue weighted by Gasteiger charge is 1.82. The Morgan fingerprint density at radius 1 is 1.75 bits per heavy atom. The third-order valence-corrected chi connectivity index (χ3v) is 7.80. The van der Waals surface area contributed by atoms with Gasteiger partial charge in [0.25, 0.3) is 0 Å². The smallest absolute Gasteiger partial charge is 0.0583 e. The Morgan fingerprint density at radius 2 is 2.50 bits per heavy atom. The number of rotatable bonds is 4. The van der Waals surface area contributed by atoms with Crippen molar-refractivity contribution >= 4 is 47.4 Å². The highest BCUT2D eigenvalue weighted by atomic mass is 127. The summed E-state index contributed by atoms with van der Waals surface area (Å²) in [5.74, 6) is 4.83. The first-order valence-corrected chi connectivity index (χ1v) is 9.27. The van der Waals surface area contributed by atoms with Gasteiger partial charge in [-0.05, 0) is 0 Å². The van der Waals surface area contributed by atoms with Crippen molar-refractivity contribution in [1.82, 2.24) is 0 Å². The lowest BCUT2D eigenvalue weighted by Gasteiger charge is -1.90. The molecule has 0 aliphatic rings. The van der Waals surface area contributed by atoms with Crippen LogP contribution in [0.4, 0.5) is 0 Å². The minimum absolute atomic E-state index is 0.888. The van der Waals surface area contributed by atoms with Gasteiger partial charge in [0.2, 0.25) is 0 Å². The molecule has 0 aliphatic heterocycles. The van der Waals surface area contributed by atoms with Gasteiger partial charge in [0, 0.05) is 5.90 Å².